The van der Waals surface area contributed by atoms with Crippen molar-refractivity contribution in [3.63, 3.8) is 0 Å². The van der Waals surface area contributed by atoms with Crippen LogP contribution in [-0.4, -0.2) is 35.1 Å². The normalized spacial score (nSPS) is 28.1. The summed E-state index contributed by atoms with van der Waals surface area (Å²) in [5, 5.41) is 1.43. The highest BCUT2D eigenvalue weighted by Crippen LogP contribution is 2.19. The third-order valence-electron chi connectivity index (χ3n) is 2.24. The maximum absolute atomic E-state index is 11.4. The molecule has 4 N–H and O–H groups in total. The number of nitrogens with two attached hydrogens (primary N) is 1. The van der Waals surface area contributed by atoms with Crippen LogP contribution in [0.5, 0.6) is 0 Å². The molecule has 0 aromatic carbocycles. The monoisotopic (exact) mass is 324 g/mol. The SMILES string of the molecule is NC1(NC(=O)CCBr)C=CC=CC1S(=O)(=O)O. The second kappa shape index (κ2) is 5.30. The Balaban J connectivity index is 2.95. The van der Waals surface area contributed by atoms with Gasteiger partial charge < -0.3 is 11.1 Å². The van der Waals surface area contributed by atoms with Crippen LogP contribution in [-0.2, 0) is 14.9 Å². The van der Waals surface area contributed by atoms with Crippen molar-refractivity contribution in [3.8, 4) is 0 Å². The van der Waals surface area contributed by atoms with Crippen LogP contribution >= 0.6 is 15.9 Å². The van der Waals surface area contributed by atoms with Crippen molar-refractivity contribution in [2.75, 3.05) is 5.33 Å². The lowest BCUT2D eigenvalue weighted by Crippen LogP contribution is -2.64. The predicted molar refractivity (Wildman–Crippen MR) is 67.1 cm³/mol. The molecular weight excluding hydrogens is 312 g/mol. The zero-order valence-electron chi connectivity index (χ0n) is 8.84. The highest BCUT2D eigenvalue weighted by molar-refractivity contribution is 9.09. The quantitative estimate of drug-likeness (QED) is 0.381. The Labute approximate surface area is 108 Å². The minimum absolute atomic E-state index is 0.161. The Morgan fingerprint density at radius 1 is 1.53 bits per heavy atom. The molecule has 8 heteroatoms. The molecule has 0 aromatic rings. The predicted octanol–water partition coefficient (Wildman–Crippen LogP) is -0.0750. The molecule has 1 amide bonds. The minimum atomic E-state index is -4.38. The highest BCUT2D eigenvalue weighted by Gasteiger charge is 2.41. The van der Waals surface area contributed by atoms with E-state index < -0.39 is 26.9 Å². The van der Waals surface area contributed by atoms with Gasteiger partial charge in [-0.1, -0.05) is 34.2 Å². The molecule has 2 atom stereocenters. The molecule has 0 saturated heterocycles. The van der Waals surface area contributed by atoms with Crippen LogP contribution in [0.1, 0.15) is 6.42 Å². The minimum Gasteiger partial charge on any atom is -0.333 e. The summed E-state index contributed by atoms with van der Waals surface area (Å²) in [5.74, 6) is -0.405. The Kier molecular flexibility index (Phi) is 4.48. The molecule has 0 saturated carbocycles. The van der Waals surface area contributed by atoms with Gasteiger partial charge >= 0.3 is 0 Å². The van der Waals surface area contributed by atoms with Gasteiger partial charge in [0, 0.05) is 11.8 Å². The van der Waals surface area contributed by atoms with Gasteiger partial charge in [0.25, 0.3) is 10.1 Å². The number of allylic oxidation sites excluding steroid dienone is 2. The highest BCUT2D eigenvalue weighted by atomic mass is 79.9. The molecule has 0 radical (unpaired) electrons. The Hall–Kier alpha value is -0.700. The van der Waals surface area contributed by atoms with E-state index in [1.165, 1.54) is 24.3 Å². The summed E-state index contributed by atoms with van der Waals surface area (Å²) in [5.41, 5.74) is 4.17. The molecule has 1 aliphatic carbocycles. The van der Waals surface area contributed by atoms with Crippen LogP contribution in [0.3, 0.4) is 0 Å². The zero-order chi connectivity index (χ0) is 13.1. The first kappa shape index (κ1) is 14.4. The van der Waals surface area contributed by atoms with Gasteiger partial charge in [0.15, 0.2) is 0 Å². The smallest absolute Gasteiger partial charge is 0.275 e. The third-order valence-corrected chi connectivity index (χ3v) is 3.82. The van der Waals surface area contributed by atoms with E-state index in [-0.39, 0.29) is 6.42 Å². The fraction of sp³-hybridized carbons (Fsp3) is 0.444. The number of nitrogens with one attached hydrogen (secondary N) is 1. The van der Waals surface area contributed by atoms with Crippen LogP contribution < -0.4 is 11.1 Å². The summed E-state index contributed by atoms with van der Waals surface area (Å²) in [6, 6.07) is 0. The van der Waals surface area contributed by atoms with Crippen molar-refractivity contribution in [1.29, 1.82) is 0 Å². The van der Waals surface area contributed by atoms with Crippen molar-refractivity contribution in [3.05, 3.63) is 24.3 Å². The first-order valence-corrected chi connectivity index (χ1v) is 7.40. The largest absolute Gasteiger partial charge is 0.333 e. The van der Waals surface area contributed by atoms with Crippen LogP contribution in [0.4, 0.5) is 0 Å². The number of rotatable bonds is 4. The summed E-state index contributed by atoms with van der Waals surface area (Å²) >= 11 is 3.09. The standard InChI is InChI=1S/C9H13BrN2O4S/c10-6-4-8(13)12-9(11)5-2-1-3-7(9)17(14,15)16/h1-3,5,7H,4,6,11H2,(H,12,13)(H,14,15,16). The van der Waals surface area contributed by atoms with E-state index in [0.29, 0.717) is 5.33 Å². The van der Waals surface area contributed by atoms with Gasteiger partial charge in [0.2, 0.25) is 5.91 Å². The Morgan fingerprint density at radius 3 is 2.71 bits per heavy atom. The molecule has 6 nitrogen and oxygen atoms in total. The van der Waals surface area contributed by atoms with E-state index in [1.54, 1.807) is 0 Å². The fourth-order valence-corrected chi connectivity index (χ4v) is 2.76. The molecule has 2 unspecified atom stereocenters. The molecular formula is C9H13BrN2O4S. The van der Waals surface area contributed by atoms with Gasteiger partial charge in [-0.05, 0) is 6.08 Å². The first-order valence-electron chi connectivity index (χ1n) is 4.78. The zero-order valence-corrected chi connectivity index (χ0v) is 11.2. The molecule has 0 spiro atoms. The summed E-state index contributed by atoms with van der Waals surface area (Å²) in [4.78, 5) is 11.4. The Bertz CT molecular complexity index is 460. The second-order valence-corrected chi connectivity index (χ2v) is 5.93. The maximum Gasteiger partial charge on any atom is 0.275 e. The molecule has 1 aliphatic rings. The summed E-state index contributed by atoms with van der Waals surface area (Å²) in [7, 11) is -4.38. The van der Waals surface area contributed by atoms with Crippen LogP contribution in [0.15, 0.2) is 24.3 Å². The number of amides is 1. The second-order valence-electron chi connectivity index (χ2n) is 3.60. The van der Waals surface area contributed by atoms with Crippen molar-refractivity contribution in [1.82, 2.24) is 5.32 Å². The molecule has 0 aliphatic heterocycles. The van der Waals surface area contributed by atoms with Gasteiger partial charge in [-0.2, -0.15) is 8.42 Å². The maximum atomic E-state index is 11.4. The third kappa shape index (κ3) is 3.63. The van der Waals surface area contributed by atoms with Gasteiger partial charge in [0.1, 0.15) is 10.9 Å². The molecule has 17 heavy (non-hydrogen) atoms. The summed E-state index contributed by atoms with van der Waals surface area (Å²) < 4.78 is 31.4. The average Bonchev–Trinajstić information content (AvgIpc) is 2.15. The Morgan fingerprint density at radius 2 is 2.18 bits per heavy atom. The van der Waals surface area contributed by atoms with Gasteiger partial charge in [-0.15, -0.1) is 0 Å². The number of hydrogen-bond acceptors (Lipinski definition) is 4. The summed E-state index contributed by atoms with van der Waals surface area (Å²) in [6.07, 6.45) is 5.67. The van der Waals surface area contributed by atoms with Gasteiger partial charge in [-0.25, -0.2) is 0 Å². The molecule has 0 fully saturated rings. The average molecular weight is 325 g/mol. The van der Waals surface area contributed by atoms with E-state index in [2.05, 4.69) is 21.2 Å². The lowest BCUT2D eigenvalue weighted by molar-refractivity contribution is -0.122. The molecule has 0 bridgehead atoms. The van der Waals surface area contributed by atoms with E-state index in [1.807, 2.05) is 0 Å². The van der Waals surface area contributed by atoms with Crippen molar-refractivity contribution >= 4 is 32.0 Å². The van der Waals surface area contributed by atoms with Crippen LogP contribution in [0, 0.1) is 0 Å². The van der Waals surface area contributed by atoms with Crippen molar-refractivity contribution in [2.24, 2.45) is 5.73 Å². The lowest BCUT2D eigenvalue weighted by atomic mass is 10.0. The lowest BCUT2D eigenvalue weighted by Gasteiger charge is -2.33. The van der Waals surface area contributed by atoms with E-state index in [4.69, 9.17) is 10.3 Å². The molecule has 96 valence electrons. The number of halogens is 1. The fourth-order valence-electron chi connectivity index (χ4n) is 1.48. The summed E-state index contributed by atoms with van der Waals surface area (Å²) in [6.45, 7) is 0. The number of hydrogen-bond donors (Lipinski definition) is 3. The van der Waals surface area contributed by atoms with Gasteiger partial charge in [-0.3, -0.25) is 9.35 Å². The van der Waals surface area contributed by atoms with Gasteiger partial charge in [0.05, 0.1) is 0 Å². The number of carbonyl (C=O) groups is 1. The van der Waals surface area contributed by atoms with Crippen molar-refractivity contribution < 1.29 is 17.8 Å². The molecule has 1 rings (SSSR count). The first-order chi connectivity index (χ1) is 7.79. The number of carbonyl (C=O) groups excluding carboxylic acids is 1. The van der Waals surface area contributed by atoms with E-state index >= 15 is 0 Å². The van der Waals surface area contributed by atoms with Crippen LogP contribution in [0.25, 0.3) is 0 Å². The molecule has 0 heterocycles. The van der Waals surface area contributed by atoms with Crippen LogP contribution in [0.2, 0.25) is 0 Å². The van der Waals surface area contributed by atoms with E-state index in [9.17, 15) is 13.2 Å². The van der Waals surface area contributed by atoms with Crippen molar-refractivity contribution in [2.45, 2.75) is 17.3 Å². The molecule has 0 aromatic heterocycles. The number of alkyl halides is 1. The topological polar surface area (TPSA) is 109 Å². The van der Waals surface area contributed by atoms with E-state index in [0.717, 1.165) is 0 Å².